The SMILES string of the molecule is Cc1ccc(NC(=O)c2cc([N+](=O)[O-])cn2C)cc1Cl. The summed E-state index contributed by atoms with van der Waals surface area (Å²) in [5.41, 5.74) is 1.52. The molecule has 2 aromatic rings. The van der Waals surface area contributed by atoms with E-state index in [0.717, 1.165) is 5.56 Å². The number of nitro groups is 1. The molecule has 2 rings (SSSR count). The maximum atomic E-state index is 12.1. The highest BCUT2D eigenvalue weighted by Gasteiger charge is 2.17. The molecule has 104 valence electrons. The number of hydrogen-bond donors (Lipinski definition) is 1. The number of hydrogen-bond acceptors (Lipinski definition) is 3. The Morgan fingerprint density at radius 3 is 2.65 bits per heavy atom. The van der Waals surface area contributed by atoms with Crippen LogP contribution in [0.1, 0.15) is 16.1 Å². The van der Waals surface area contributed by atoms with Crippen LogP contribution >= 0.6 is 11.6 Å². The number of aryl methyl sites for hydroxylation is 2. The minimum Gasteiger partial charge on any atom is -0.340 e. The Hall–Kier alpha value is -2.34. The molecule has 0 saturated carbocycles. The molecule has 0 bridgehead atoms. The summed E-state index contributed by atoms with van der Waals surface area (Å²) in [7, 11) is 1.57. The first kappa shape index (κ1) is 14.1. The molecule has 1 aromatic heterocycles. The first-order valence-electron chi connectivity index (χ1n) is 5.76. The number of amides is 1. The van der Waals surface area contributed by atoms with Crippen molar-refractivity contribution in [2.24, 2.45) is 7.05 Å². The predicted molar refractivity (Wildman–Crippen MR) is 76.2 cm³/mol. The fraction of sp³-hybridized carbons (Fsp3) is 0.154. The molecular weight excluding hydrogens is 282 g/mol. The van der Waals surface area contributed by atoms with Crippen LogP contribution in [0.2, 0.25) is 5.02 Å². The lowest BCUT2D eigenvalue weighted by atomic mass is 10.2. The molecule has 0 spiro atoms. The second-order valence-corrected chi connectivity index (χ2v) is 4.78. The lowest BCUT2D eigenvalue weighted by Crippen LogP contribution is -2.15. The van der Waals surface area contributed by atoms with E-state index >= 15 is 0 Å². The molecule has 6 nitrogen and oxygen atoms in total. The van der Waals surface area contributed by atoms with Crippen LogP contribution < -0.4 is 5.32 Å². The van der Waals surface area contributed by atoms with E-state index in [1.165, 1.54) is 16.8 Å². The number of rotatable bonds is 3. The van der Waals surface area contributed by atoms with Gasteiger partial charge in [-0.2, -0.15) is 0 Å². The Kier molecular flexibility index (Phi) is 3.76. The predicted octanol–water partition coefficient (Wildman–Crippen LogP) is 3.15. The molecule has 20 heavy (non-hydrogen) atoms. The Morgan fingerprint density at radius 1 is 1.40 bits per heavy atom. The van der Waals surface area contributed by atoms with Gasteiger partial charge in [0.2, 0.25) is 0 Å². The first-order valence-corrected chi connectivity index (χ1v) is 6.14. The first-order chi connectivity index (χ1) is 9.38. The third-order valence-corrected chi connectivity index (χ3v) is 3.27. The van der Waals surface area contributed by atoms with Crippen molar-refractivity contribution in [3.63, 3.8) is 0 Å². The van der Waals surface area contributed by atoms with Crippen molar-refractivity contribution in [1.82, 2.24) is 4.57 Å². The zero-order chi connectivity index (χ0) is 14.9. The third-order valence-electron chi connectivity index (χ3n) is 2.86. The molecule has 7 heteroatoms. The minimum atomic E-state index is -0.542. The van der Waals surface area contributed by atoms with E-state index in [1.54, 1.807) is 25.2 Å². The van der Waals surface area contributed by atoms with E-state index in [-0.39, 0.29) is 11.4 Å². The molecule has 0 aliphatic carbocycles. The maximum absolute atomic E-state index is 12.1. The number of anilines is 1. The van der Waals surface area contributed by atoms with Crippen LogP contribution in [0.3, 0.4) is 0 Å². The van der Waals surface area contributed by atoms with E-state index in [4.69, 9.17) is 11.6 Å². The van der Waals surface area contributed by atoms with Gasteiger partial charge in [-0.1, -0.05) is 17.7 Å². The summed E-state index contributed by atoms with van der Waals surface area (Å²) >= 11 is 5.97. The molecule has 1 amide bonds. The van der Waals surface area contributed by atoms with Gasteiger partial charge in [0.1, 0.15) is 5.69 Å². The highest BCUT2D eigenvalue weighted by atomic mass is 35.5. The topological polar surface area (TPSA) is 77.2 Å². The van der Waals surface area contributed by atoms with Gasteiger partial charge in [0.25, 0.3) is 11.6 Å². The average molecular weight is 294 g/mol. The molecule has 1 heterocycles. The highest BCUT2D eigenvalue weighted by Crippen LogP contribution is 2.21. The van der Waals surface area contributed by atoms with E-state index in [2.05, 4.69) is 5.32 Å². The van der Waals surface area contributed by atoms with Crippen molar-refractivity contribution in [2.75, 3.05) is 5.32 Å². The van der Waals surface area contributed by atoms with Crippen molar-refractivity contribution in [3.8, 4) is 0 Å². The van der Waals surface area contributed by atoms with Crippen molar-refractivity contribution < 1.29 is 9.72 Å². The monoisotopic (exact) mass is 293 g/mol. The van der Waals surface area contributed by atoms with Crippen LogP contribution in [0.4, 0.5) is 11.4 Å². The van der Waals surface area contributed by atoms with Gasteiger partial charge in [0, 0.05) is 23.8 Å². The Labute approximate surface area is 120 Å². The van der Waals surface area contributed by atoms with Gasteiger partial charge in [0.05, 0.1) is 11.1 Å². The standard InChI is InChI=1S/C13H12ClN3O3/c1-8-3-4-9(5-11(8)14)15-13(18)12-6-10(17(19)20)7-16(12)2/h3-7H,1-2H3,(H,15,18). The normalized spacial score (nSPS) is 10.3. The van der Waals surface area contributed by atoms with Gasteiger partial charge in [-0.15, -0.1) is 0 Å². The number of aromatic nitrogens is 1. The van der Waals surface area contributed by atoms with Gasteiger partial charge in [-0.25, -0.2) is 0 Å². The van der Waals surface area contributed by atoms with Crippen molar-refractivity contribution >= 4 is 28.9 Å². The molecular formula is C13H12ClN3O3. The van der Waals surface area contributed by atoms with Crippen molar-refractivity contribution in [2.45, 2.75) is 6.92 Å². The van der Waals surface area contributed by atoms with E-state index in [0.29, 0.717) is 10.7 Å². The van der Waals surface area contributed by atoms with Crippen LogP contribution in [0.25, 0.3) is 0 Å². The fourth-order valence-corrected chi connectivity index (χ4v) is 1.92. The van der Waals surface area contributed by atoms with Crippen LogP contribution in [-0.4, -0.2) is 15.4 Å². The Morgan fingerprint density at radius 2 is 2.10 bits per heavy atom. The largest absolute Gasteiger partial charge is 0.340 e. The van der Waals surface area contributed by atoms with Crippen LogP contribution in [-0.2, 0) is 7.05 Å². The second-order valence-electron chi connectivity index (χ2n) is 4.37. The summed E-state index contributed by atoms with van der Waals surface area (Å²) in [6.07, 6.45) is 1.29. The Balaban J connectivity index is 2.23. The zero-order valence-corrected chi connectivity index (χ0v) is 11.6. The molecule has 0 unspecified atom stereocenters. The fourth-order valence-electron chi connectivity index (χ4n) is 1.74. The van der Waals surface area contributed by atoms with Gasteiger partial charge >= 0.3 is 0 Å². The summed E-state index contributed by atoms with van der Waals surface area (Å²) in [4.78, 5) is 22.2. The third kappa shape index (κ3) is 2.80. The molecule has 0 aliphatic heterocycles. The number of nitrogens with zero attached hydrogens (tertiary/aromatic N) is 2. The lowest BCUT2D eigenvalue weighted by molar-refractivity contribution is -0.384. The molecule has 0 fully saturated rings. The number of halogens is 1. The molecule has 0 radical (unpaired) electrons. The van der Waals surface area contributed by atoms with E-state index in [9.17, 15) is 14.9 Å². The van der Waals surface area contributed by atoms with Crippen LogP contribution in [0.15, 0.2) is 30.5 Å². The summed E-state index contributed by atoms with van der Waals surface area (Å²) in [5, 5.41) is 13.9. The Bertz CT molecular complexity index is 694. The highest BCUT2D eigenvalue weighted by molar-refractivity contribution is 6.31. The van der Waals surface area contributed by atoms with Crippen molar-refractivity contribution in [1.29, 1.82) is 0 Å². The summed E-state index contributed by atoms with van der Waals surface area (Å²) in [6.45, 7) is 1.86. The summed E-state index contributed by atoms with van der Waals surface area (Å²) < 4.78 is 1.41. The van der Waals surface area contributed by atoms with Gasteiger partial charge < -0.3 is 9.88 Å². The molecule has 0 aliphatic rings. The second kappa shape index (κ2) is 5.34. The smallest absolute Gasteiger partial charge is 0.287 e. The molecule has 1 aromatic carbocycles. The molecule has 0 atom stereocenters. The molecule has 1 N–H and O–H groups in total. The van der Waals surface area contributed by atoms with Gasteiger partial charge in [-0.05, 0) is 24.6 Å². The summed E-state index contributed by atoms with van der Waals surface area (Å²) in [6, 6.07) is 6.36. The summed E-state index contributed by atoms with van der Waals surface area (Å²) in [5.74, 6) is -0.430. The van der Waals surface area contributed by atoms with E-state index in [1.807, 2.05) is 6.92 Å². The quantitative estimate of drug-likeness (QED) is 0.697. The zero-order valence-electron chi connectivity index (χ0n) is 10.9. The van der Waals surface area contributed by atoms with Crippen molar-refractivity contribution in [3.05, 3.63) is 56.9 Å². The molecule has 0 saturated heterocycles. The number of benzene rings is 1. The van der Waals surface area contributed by atoms with Gasteiger partial charge in [0.15, 0.2) is 0 Å². The maximum Gasteiger partial charge on any atom is 0.287 e. The average Bonchev–Trinajstić information content (AvgIpc) is 2.76. The number of nitrogens with one attached hydrogen (secondary N) is 1. The number of carbonyl (C=O) groups is 1. The minimum absolute atomic E-state index is 0.125. The van der Waals surface area contributed by atoms with E-state index < -0.39 is 10.8 Å². The lowest BCUT2D eigenvalue weighted by Gasteiger charge is -2.07. The number of carbonyl (C=O) groups excluding carboxylic acids is 1. The van der Waals surface area contributed by atoms with Crippen LogP contribution in [0.5, 0.6) is 0 Å². The van der Waals surface area contributed by atoms with Gasteiger partial charge in [-0.3, -0.25) is 14.9 Å². The van der Waals surface area contributed by atoms with Crippen LogP contribution in [0, 0.1) is 17.0 Å².